The molecule has 1 aromatic rings. The first-order chi connectivity index (χ1) is 10.1. The molecule has 1 amide bonds. The van der Waals surface area contributed by atoms with Crippen molar-refractivity contribution in [1.82, 2.24) is 10.6 Å². The molecule has 4 nitrogen and oxygen atoms in total. The van der Waals surface area contributed by atoms with Gasteiger partial charge in [0.15, 0.2) is 0 Å². The van der Waals surface area contributed by atoms with Crippen molar-refractivity contribution in [2.75, 3.05) is 19.6 Å². The molecule has 0 unspecified atom stereocenters. The summed E-state index contributed by atoms with van der Waals surface area (Å²) in [4.78, 5) is 12.1. The number of alkyl halides is 2. The quantitative estimate of drug-likeness (QED) is 0.801. The molecule has 0 radical (unpaired) electrons. The Bertz CT molecular complexity index is 554. The van der Waals surface area contributed by atoms with Crippen molar-refractivity contribution < 1.29 is 18.3 Å². The van der Waals surface area contributed by atoms with Gasteiger partial charge in [0.05, 0.1) is 5.56 Å². The molecule has 0 atom stereocenters. The molecule has 0 fully saturated rings. The first-order valence-corrected chi connectivity index (χ1v) is 6.85. The molecule has 0 bridgehead atoms. The molecular weight excluding hydrogens is 337 g/mol. The molecule has 1 heterocycles. The van der Waals surface area contributed by atoms with Gasteiger partial charge in [0.1, 0.15) is 5.75 Å². The SMILES string of the molecule is Cl.O=C(NCC1=CCNCC1)c1cc(Cl)ccc1OC(F)F. The maximum Gasteiger partial charge on any atom is 0.387 e. The summed E-state index contributed by atoms with van der Waals surface area (Å²) in [7, 11) is 0. The molecule has 0 aliphatic carbocycles. The van der Waals surface area contributed by atoms with Crippen LogP contribution in [0.4, 0.5) is 8.78 Å². The summed E-state index contributed by atoms with van der Waals surface area (Å²) >= 11 is 5.80. The van der Waals surface area contributed by atoms with E-state index in [-0.39, 0.29) is 28.7 Å². The first kappa shape index (κ1) is 18.7. The predicted octanol–water partition coefficient (Wildman–Crippen LogP) is 3.01. The van der Waals surface area contributed by atoms with Gasteiger partial charge in [-0.2, -0.15) is 8.78 Å². The summed E-state index contributed by atoms with van der Waals surface area (Å²) in [6, 6.07) is 3.96. The highest BCUT2D eigenvalue weighted by molar-refractivity contribution is 6.31. The maximum absolute atomic E-state index is 12.3. The topological polar surface area (TPSA) is 50.4 Å². The van der Waals surface area contributed by atoms with E-state index in [2.05, 4.69) is 15.4 Å². The van der Waals surface area contributed by atoms with Crippen LogP contribution >= 0.6 is 24.0 Å². The molecule has 122 valence electrons. The molecule has 0 spiro atoms. The third kappa shape index (κ3) is 5.44. The van der Waals surface area contributed by atoms with Crippen molar-refractivity contribution >= 4 is 29.9 Å². The Kier molecular flexibility index (Phi) is 7.58. The van der Waals surface area contributed by atoms with Crippen LogP contribution in [0.5, 0.6) is 5.75 Å². The van der Waals surface area contributed by atoms with E-state index >= 15 is 0 Å². The Labute approximate surface area is 138 Å². The molecule has 22 heavy (non-hydrogen) atoms. The van der Waals surface area contributed by atoms with Crippen molar-refractivity contribution in [1.29, 1.82) is 0 Å². The summed E-state index contributed by atoms with van der Waals surface area (Å²) in [5.74, 6) is -0.682. The molecule has 2 rings (SSSR count). The number of carbonyl (C=O) groups is 1. The van der Waals surface area contributed by atoms with E-state index in [0.29, 0.717) is 6.54 Å². The Hall–Kier alpha value is -1.37. The van der Waals surface area contributed by atoms with E-state index in [0.717, 1.165) is 25.1 Å². The second kappa shape index (κ2) is 8.92. The van der Waals surface area contributed by atoms with Gasteiger partial charge >= 0.3 is 6.61 Å². The van der Waals surface area contributed by atoms with E-state index in [9.17, 15) is 13.6 Å². The largest absolute Gasteiger partial charge is 0.434 e. The van der Waals surface area contributed by atoms with Gasteiger partial charge in [-0.3, -0.25) is 4.79 Å². The number of amides is 1. The number of carbonyl (C=O) groups excluding carboxylic acids is 1. The first-order valence-electron chi connectivity index (χ1n) is 6.47. The Morgan fingerprint density at radius 3 is 2.86 bits per heavy atom. The lowest BCUT2D eigenvalue weighted by Crippen LogP contribution is -2.30. The fourth-order valence-corrected chi connectivity index (χ4v) is 2.17. The van der Waals surface area contributed by atoms with Gasteiger partial charge in [-0.15, -0.1) is 12.4 Å². The second-order valence-electron chi connectivity index (χ2n) is 4.52. The number of rotatable bonds is 5. The molecule has 0 saturated heterocycles. The van der Waals surface area contributed by atoms with E-state index in [1.165, 1.54) is 18.2 Å². The van der Waals surface area contributed by atoms with Gasteiger partial charge in [0.2, 0.25) is 0 Å². The van der Waals surface area contributed by atoms with E-state index in [1.54, 1.807) is 0 Å². The fraction of sp³-hybridized carbons (Fsp3) is 0.357. The lowest BCUT2D eigenvalue weighted by Gasteiger charge is -2.15. The number of nitrogens with one attached hydrogen (secondary N) is 2. The van der Waals surface area contributed by atoms with Crippen LogP contribution in [0.1, 0.15) is 16.8 Å². The minimum Gasteiger partial charge on any atom is -0.434 e. The van der Waals surface area contributed by atoms with E-state index < -0.39 is 12.5 Å². The van der Waals surface area contributed by atoms with E-state index in [4.69, 9.17) is 11.6 Å². The van der Waals surface area contributed by atoms with Gasteiger partial charge in [-0.05, 0) is 31.2 Å². The number of hydrogen-bond acceptors (Lipinski definition) is 3. The van der Waals surface area contributed by atoms with Crippen molar-refractivity contribution in [2.45, 2.75) is 13.0 Å². The standard InChI is InChI=1S/C14H15ClF2N2O2.ClH/c15-10-1-2-12(21-14(16)17)11(7-10)13(20)19-8-9-3-5-18-6-4-9;/h1-3,7,14,18H,4-6,8H2,(H,19,20);1H. The maximum atomic E-state index is 12.3. The molecule has 1 aliphatic rings. The number of ether oxygens (including phenoxy) is 1. The molecule has 1 aromatic carbocycles. The van der Waals surface area contributed by atoms with Gasteiger partial charge in [-0.1, -0.05) is 23.3 Å². The van der Waals surface area contributed by atoms with E-state index in [1.807, 2.05) is 6.08 Å². The van der Waals surface area contributed by atoms with Gasteiger partial charge < -0.3 is 15.4 Å². The highest BCUT2D eigenvalue weighted by atomic mass is 35.5. The van der Waals surface area contributed by atoms with Crippen LogP contribution in [0.15, 0.2) is 29.8 Å². The third-order valence-electron chi connectivity index (χ3n) is 3.04. The number of hydrogen-bond donors (Lipinski definition) is 2. The van der Waals surface area contributed by atoms with Gasteiger partial charge in [-0.25, -0.2) is 0 Å². The molecule has 8 heteroatoms. The normalized spacial score (nSPS) is 14.1. The Morgan fingerprint density at radius 2 is 2.23 bits per heavy atom. The van der Waals surface area contributed by atoms with Gasteiger partial charge in [0, 0.05) is 18.1 Å². The summed E-state index contributed by atoms with van der Waals surface area (Å²) in [5, 5.41) is 6.13. The molecule has 2 N–H and O–H groups in total. The minimum absolute atomic E-state index is 0. The molecule has 0 aromatic heterocycles. The summed E-state index contributed by atoms with van der Waals surface area (Å²) < 4.78 is 29.0. The van der Waals surface area contributed by atoms with Crippen molar-refractivity contribution in [2.24, 2.45) is 0 Å². The monoisotopic (exact) mass is 352 g/mol. The van der Waals surface area contributed by atoms with Crippen molar-refractivity contribution in [3.8, 4) is 5.75 Å². The summed E-state index contributed by atoms with van der Waals surface area (Å²) in [5.41, 5.74) is 1.10. The van der Waals surface area contributed by atoms with Crippen LogP contribution in [0, 0.1) is 0 Å². The zero-order valence-corrected chi connectivity index (χ0v) is 13.1. The van der Waals surface area contributed by atoms with Crippen LogP contribution in [0.2, 0.25) is 5.02 Å². The van der Waals surface area contributed by atoms with Crippen molar-refractivity contribution in [3.05, 3.63) is 40.4 Å². The Balaban J connectivity index is 0.00000242. The average Bonchev–Trinajstić information content (AvgIpc) is 2.47. The highest BCUT2D eigenvalue weighted by Crippen LogP contribution is 2.24. The minimum atomic E-state index is -3.00. The van der Waals surface area contributed by atoms with Gasteiger partial charge in [0.25, 0.3) is 5.91 Å². The zero-order chi connectivity index (χ0) is 15.2. The fourth-order valence-electron chi connectivity index (χ4n) is 2.00. The van der Waals surface area contributed by atoms with Crippen LogP contribution in [0.25, 0.3) is 0 Å². The highest BCUT2D eigenvalue weighted by Gasteiger charge is 2.16. The summed E-state index contributed by atoms with van der Waals surface area (Å²) in [6.07, 6.45) is 2.84. The number of halogens is 4. The smallest absolute Gasteiger partial charge is 0.387 e. The number of benzene rings is 1. The van der Waals surface area contributed by atoms with Crippen molar-refractivity contribution in [3.63, 3.8) is 0 Å². The Morgan fingerprint density at radius 1 is 1.45 bits per heavy atom. The second-order valence-corrected chi connectivity index (χ2v) is 4.95. The molecule has 1 aliphatic heterocycles. The molecule has 0 saturated carbocycles. The summed E-state index contributed by atoms with van der Waals surface area (Å²) in [6.45, 7) is -0.994. The third-order valence-corrected chi connectivity index (χ3v) is 3.27. The van der Waals surface area contributed by atoms with Crippen LogP contribution in [-0.2, 0) is 0 Å². The van der Waals surface area contributed by atoms with Crippen LogP contribution < -0.4 is 15.4 Å². The molecular formula is C14H16Cl2F2N2O2. The predicted molar refractivity (Wildman–Crippen MR) is 83.2 cm³/mol. The van der Waals surface area contributed by atoms with Crippen LogP contribution in [0.3, 0.4) is 0 Å². The average molecular weight is 353 g/mol. The lowest BCUT2D eigenvalue weighted by molar-refractivity contribution is -0.0501. The zero-order valence-electron chi connectivity index (χ0n) is 11.6. The van der Waals surface area contributed by atoms with Crippen LogP contribution in [-0.4, -0.2) is 32.2 Å². The lowest BCUT2D eigenvalue weighted by atomic mass is 10.1.